The molecule has 0 unspecified atom stereocenters. The Morgan fingerprint density at radius 2 is 2.36 bits per heavy atom. The van der Waals surface area contributed by atoms with Crippen molar-refractivity contribution in [1.82, 2.24) is 4.98 Å². The highest BCUT2D eigenvalue weighted by Crippen LogP contribution is 2.24. The van der Waals surface area contributed by atoms with Gasteiger partial charge in [-0.1, -0.05) is 24.9 Å². The monoisotopic (exact) mass is 233 g/mol. The molecule has 0 radical (unpaired) electrons. The van der Waals surface area contributed by atoms with Gasteiger partial charge in [0.15, 0.2) is 10.0 Å². The number of unbranched alkanes of at least 4 members (excludes halogenated alkanes) is 1. The van der Waals surface area contributed by atoms with Crippen molar-refractivity contribution in [3.8, 4) is 0 Å². The lowest BCUT2D eigenvalue weighted by molar-refractivity contribution is 0.0606. The van der Waals surface area contributed by atoms with E-state index in [1.54, 1.807) is 0 Å². The van der Waals surface area contributed by atoms with Crippen molar-refractivity contribution in [3.05, 3.63) is 15.0 Å². The molecule has 0 aromatic carbocycles. The smallest absolute Gasteiger partial charge is 0.351 e. The lowest BCUT2D eigenvalue weighted by Gasteiger charge is -1.92. The quantitative estimate of drug-likeness (QED) is 0.751. The predicted octanol–water partition coefficient (Wildman–Crippen LogP) is 2.93. The summed E-state index contributed by atoms with van der Waals surface area (Å²) >= 11 is 7.11. The second-order valence-corrected chi connectivity index (χ2v) is 4.26. The molecule has 0 aliphatic carbocycles. The summed E-state index contributed by atoms with van der Waals surface area (Å²) < 4.78 is 4.58. The molecule has 78 valence electrons. The summed E-state index contributed by atoms with van der Waals surface area (Å²) in [6.45, 7) is 2.11. The lowest BCUT2D eigenvalue weighted by Crippen LogP contribution is -1.98. The normalized spacial score (nSPS) is 10.2. The minimum Gasteiger partial charge on any atom is -0.465 e. The average Bonchev–Trinajstić information content (AvgIpc) is 2.55. The molecule has 0 saturated heterocycles. The Labute approximate surface area is 92.1 Å². The van der Waals surface area contributed by atoms with Crippen LogP contribution in [-0.4, -0.2) is 18.1 Å². The van der Waals surface area contributed by atoms with Crippen molar-refractivity contribution in [2.75, 3.05) is 7.11 Å². The Hall–Kier alpha value is -0.610. The van der Waals surface area contributed by atoms with E-state index >= 15 is 0 Å². The van der Waals surface area contributed by atoms with Crippen LogP contribution >= 0.6 is 22.9 Å². The highest BCUT2D eigenvalue weighted by Gasteiger charge is 2.16. The number of methoxy groups -OCH3 is 1. The molecule has 14 heavy (non-hydrogen) atoms. The lowest BCUT2D eigenvalue weighted by atomic mass is 10.3. The molecule has 1 heterocycles. The summed E-state index contributed by atoms with van der Waals surface area (Å²) in [4.78, 5) is 15.7. The zero-order valence-electron chi connectivity index (χ0n) is 8.17. The number of nitrogens with zero attached hydrogens (tertiary/aromatic N) is 1. The van der Waals surface area contributed by atoms with Crippen LogP contribution in [0.5, 0.6) is 0 Å². The Kier molecular flexibility index (Phi) is 4.35. The molecule has 0 spiro atoms. The van der Waals surface area contributed by atoms with E-state index in [0.717, 1.165) is 24.3 Å². The number of aryl methyl sites for hydroxylation is 1. The summed E-state index contributed by atoms with van der Waals surface area (Å²) in [7, 11) is 1.34. The number of halogens is 1. The minimum atomic E-state index is -0.407. The van der Waals surface area contributed by atoms with Gasteiger partial charge in [-0.3, -0.25) is 0 Å². The van der Waals surface area contributed by atoms with E-state index in [-0.39, 0.29) is 5.15 Å². The van der Waals surface area contributed by atoms with Gasteiger partial charge >= 0.3 is 5.97 Å². The number of hydrogen-bond acceptors (Lipinski definition) is 4. The maximum absolute atomic E-state index is 11.2. The molecule has 0 saturated carbocycles. The van der Waals surface area contributed by atoms with Crippen molar-refractivity contribution in [1.29, 1.82) is 0 Å². The number of hydrogen-bond donors (Lipinski definition) is 0. The first kappa shape index (κ1) is 11.5. The van der Waals surface area contributed by atoms with Gasteiger partial charge in [0.1, 0.15) is 0 Å². The fraction of sp³-hybridized carbons (Fsp3) is 0.556. The summed E-state index contributed by atoms with van der Waals surface area (Å²) in [5, 5.41) is 1.16. The maximum atomic E-state index is 11.2. The zero-order chi connectivity index (χ0) is 10.6. The molecule has 0 bridgehead atoms. The van der Waals surface area contributed by atoms with Crippen LogP contribution in [0.15, 0.2) is 0 Å². The first-order valence-electron chi connectivity index (χ1n) is 4.42. The molecule has 0 aliphatic heterocycles. The van der Waals surface area contributed by atoms with Gasteiger partial charge in [0.2, 0.25) is 0 Å². The van der Waals surface area contributed by atoms with Crippen LogP contribution in [0.25, 0.3) is 0 Å². The minimum absolute atomic E-state index is 0.257. The molecule has 3 nitrogen and oxygen atoms in total. The second kappa shape index (κ2) is 5.32. The number of thiazole rings is 1. The van der Waals surface area contributed by atoms with Gasteiger partial charge in [-0.05, 0) is 12.8 Å². The van der Waals surface area contributed by atoms with Crippen LogP contribution in [-0.2, 0) is 11.2 Å². The van der Waals surface area contributed by atoms with Crippen molar-refractivity contribution in [2.45, 2.75) is 26.2 Å². The third-order valence-electron chi connectivity index (χ3n) is 1.75. The molecule has 0 N–H and O–H groups in total. The van der Waals surface area contributed by atoms with Gasteiger partial charge in [0.05, 0.1) is 12.1 Å². The molecule has 1 aromatic rings. The van der Waals surface area contributed by atoms with Gasteiger partial charge in [-0.15, -0.1) is 11.3 Å². The SMILES string of the molecule is CCCCc1nc(Cl)c(C(=O)OC)s1. The first-order valence-corrected chi connectivity index (χ1v) is 5.62. The average molecular weight is 234 g/mol. The van der Waals surface area contributed by atoms with Gasteiger partial charge in [0, 0.05) is 0 Å². The van der Waals surface area contributed by atoms with E-state index < -0.39 is 5.97 Å². The first-order chi connectivity index (χ1) is 6.69. The van der Waals surface area contributed by atoms with E-state index in [1.807, 2.05) is 0 Å². The standard InChI is InChI=1S/C9H12ClNO2S/c1-3-4-5-6-11-8(10)7(14-6)9(12)13-2/h3-5H2,1-2H3. The van der Waals surface area contributed by atoms with Crippen LogP contribution in [0.1, 0.15) is 34.4 Å². The highest BCUT2D eigenvalue weighted by molar-refractivity contribution is 7.14. The Bertz CT molecular complexity index is 325. The molecule has 0 atom stereocenters. The summed E-state index contributed by atoms with van der Waals surface area (Å²) in [5.41, 5.74) is 0. The number of carbonyl (C=O) groups is 1. The van der Waals surface area contributed by atoms with Crippen LogP contribution in [0, 0.1) is 0 Å². The number of carbonyl (C=O) groups excluding carboxylic acids is 1. The van der Waals surface area contributed by atoms with E-state index in [0.29, 0.717) is 4.88 Å². The summed E-state index contributed by atoms with van der Waals surface area (Å²) in [6, 6.07) is 0. The third-order valence-corrected chi connectivity index (χ3v) is 3.23. The summed E-state index contributed by atoms with van der Waals surface area (Å²) in [6.07, 6.45) is 3.03. The molecule has 0 aliphatic rings. The molecular weight excluding hydrogens is 222 g/mol. The fourth-order valence-corrected chi connectivity index (χ4v) is 2.26. The molecule has 0 amide bonds. The summed E-state index contributed by atoms with van der Waals surface area (Å²) in [5.74, 6) is -0.407. The van der Waals surface area contributed by atoms with Crippen LogP contribution < -0.4 is 0 Å². The van der Waals surface area contributed by atoms with Crippen LogP contribution in [0.4, 0.5) is 0 Å². The van der Waals surface area contributed by atoms with E-state index in [2.05, 4.69) is 16.6 Å². The fourth-order valence-electron chi connectivity index (χ4n) is 0.997. The van der Waals surface area contributed by atoms with Crippen LogP contribution in [0.3, 0.4) is 0 Å². The number of rotatable bonds is 4. The van der Waals surface area contributed by atoms with Crippen molar-refractivity contribution in [2.24, 2.45) is 0 Å². The Morgan fingerprint density at radius 3 is 2.93 bits per heavy atom. The van der Waals surface area contributed by atoms with E-state index in [1.165, 1.54) is 18.4 Å². The predicted molar refractivity (Wildman–Crippen MR) is 57.1 cm³/mol. The maximum Gasteiger partial charge on any atom is 0.351 e. The van der Waals surface area contributed by atoms with Crippen molar-refractivity contribution in [3.63, 3.8) is 0 Å². The largest absolute Gasteiger partial charge is 0.465 e. The number of aromatic nitrogens is 1. The molecule has 1 aromatic heterocycles. The van der Waals surface area contributed by atoms with Gasteiger partial charge in [0.25, 0.3) is 0 Å². The molecule has 0 fully saturated rings. The Morgan fingerprint density at radius 1 is 1.64 bits per heavy atom. The van der Waals surface area contributed by atoms with Crippen molar-refractivity contribution >= 4 is 28.9 Å². The molecule has 5 heteroatoms. The number of ether oxygens (including phenoxy) is 1. The topological polar surface area (TPSA) is 39.2 Å². The van der Waals surface area contributed by atoms with Crippen LogP contribution in [0.2, 0.25) is 5.15 Å². The third kappa shape index (κ3) is 2.69. The zero-order valence-corrected chi connectivity index (χ0v) is 9.74. The second-order valence-electron chi connectivity index (χ2n) is 2.82. The van der Waals surface area contributed by atoms with Gasteiger partial charge in [-0.2, -0.15) is 0 Å². The Balaban J connectivity index is 2.77. The van der Waals surface area contributed by atoms with E-state index in [4.69, 9.17) is 11.6 Å². The highest BCUT2D eigenvalue weighted by atomic mass is 35.5. The number of esters is 1. The molecular formula is C9H12ClNO2S. The van der Waals surface area contributed by atoms with Gasteiger partial charge in [-0.25, -0.2) is 9.78 Å². The van der Waals surface area contributed by atoms with E-state index in [9.17, 15) is 4.79 Å². The van der Waals surface area contributed by atoms with Gasteiger partial charge < -0.3 is 4.74 Å². The van der Waals surface area contributed by atoms with Crippen molar-refractivity contribution < 1.29 is 9.53 Å². The molecule has 1 rings (SSSR count).